The van der Waals surface area contributed by atoms with Gasteiger partial charge in [0.2, 0.25) is 11.8 Å². The topological polar surface area (TPSA) is 113 Å². The molecule has 2 amide bonds. The molecule has 8 N–H and O–H groups in total. The van der Waals surface area contributed by atoms with Crippen LogP contribution in [-0.2, 0) is 22.4 Å². The molecule has 0 spiro atoms. The zero-order valence-electron chi connectivity index (χ0n) is 19.0. The molecule has 0 saturated carbocycles. The standard InChI is InChI=1S/C22H24F6N4O2.2ClH/c23-15-9-19(27)17(25)5-11(15)3-13(29)7-21(33)31-1-2-32-22(34)8-14(30)4-12-6-18(26)20(28)10-16(12)24;;/h5-6,9-10,13-14H,1-4,7-8,29-30H2,(H,31,33)(H,32,34);2*1H/t13-,14?;;/m1../s1. The summed E-state index contributed by atoms with van der Waals surface area (Å²) in [5.74, 6) is -7.70. The second-order valence-electron chi connectivity index (χ2n) is 7.96. The van der Waals surface area contributed by atoms with Crippen LogP contribution in [0.2, 0.25) is 0 Å². The third-order valence-electron chi connectivity index (χ3n) is 4.91. The van der Waals surface area contributed by atoms with Crippen molar-refractivity contribution in [2.24, 2.45) is 0 Å². The fourth-order valence-electron chi connectivity index (χ4n) is 3.28. The predicted octanol–water partition coefficient (Wildman–Crippen LogP) is -5.45. The summed E-state index contributed by atoms with van der Waals surface area (Å²) in [7, 11) is 0. The fourth-order valence-corrected chi connectivity index (χ4v) is 3.28. The van der Waals surface area contributed by atoms with E-state index in [9.17, 15) is 35.9 Å². The van der Waals surface area contributed by atoms with Gasteiger partial charge in [-0.2, -0.15) is 0 Å². The molecule has 1 unspecified atom stereocenters. The van der Waals surface area contributed by atoms with Crippen LogP contribution in [0.3, 0.4) is 0 Å². The van der Waals surface area contributed by atoms with Crippen LogP contribution < -0.4 is 46.9 Å². The molecule has 0 aliphatic carbocycles. The molecule has 2 rings (SSSR count). The molecule has 2 aromatic carbocycles. The molecular weight excluding hydrogens is 537 g/mol. The van der Waals surface area contributed by atoms with Crippen molar-refractivity contribution in [2.45, 2.75) is 37.8 Å². The van der Waals surface area contributed by atoms with Gasteiger partial charge in [0, 0.05) is 38.1 Å². The molecule has 2 aromatic rings. The Morgan fingerprint density at radius 3 is 1.25 bits per heavy atom. The number of hydrogen-bond acceptors (Lipinski definition) is 2. The molecule has 36 heavy (non-hydrogen) atoms. The van der Waals surface area contributed by atoms with Crippen LogP contribution >= 0.6 is 0 Å². The second-order valence-corrected chi connectivity index (χ2v) is 7.96. The normalized spacial score (nSPS) is 12.1. The highest BCUT2D eigenvalue weighted by atomic mass is 35.5. The maximum absolute atomic E-state index is 13.7. The minimum absolute atomic E-state index is 0. The van der Waals surface area contributed by atoms with E-state index in [4.69, 9.17) is 0 Å². The summed E-state index contributed by atoms with van der Waals surface area (Å²) in [5, 5.41) is 5.08. The highest BCUT2D eigenvalue weighted by Crippen LogP contribution is 2.16. The number of benzene rings is 2. The van der Waals surface area contributed by atoms with Crippen LogP contribution in [0.15, 0.2) is 24.3 Å². The van der Waals surface area contributed by atoms with E-state index in [-0.39, 0.29) is 74.7 Å². The van der Waals surface area contributed by atoms with Crippen LogP contribution in [0, 0.1) is 34.9 Å². The molecule has 0 bridgehead atoms. The molecule has 0 aliphatic heterocycles. The van der Waals surface area contributed by atoms with E-state index in [1.54, 1.807) is 0 Å². The van der Waals surface area contributed by atoms with Gasteiger partial charge in [0.15, 0.2) is 23.3 Å². The molecule has 0 aliphatic rings. The number of nitrogens with one attached hydrogen (secondary N) is 2. The maximum atomic E-state index is 13.7. The number of amides is 2. The minimum Gasteiger partial charge on any atom is -1.00 e. The zero-order valence-corrected chi connectivity index (χ0v) is 20.5. The largest absolute Gasteiger partial charge is 1.00 e. The van der Waals surface area contributed by atoms with Crippen molar-refractivity contribution in [3.05, 3.63) is 70.3 Å². The maximum Gasteiger partial charge on any atom is 0.226 e. The highest BCUT2D eigenvalue weighted by molar-refractivity contribution is 5.77. The van der Waals surface area contributed by atoms with Gasteiger partial charge in [-0.15, -0.1) is 0 Å². The van der Waals surface area contributed by atoms with E-state index in [0.717, 1.165) is 12.1 Å². The van der Waals surface area contributed by atoms with Gasteiger partial charge in [0.05, 0.1) is 24.9 Å². The lowest BCUT2D eigenvalue weighted by atomic mass is 10.0. The first-order valence-electron chi connectivity index (χ1n) is 10.4. The Labute approximate surface area is 216 Å². The van der Waals surface area contributed by atoms with E-state index in [1.165, 1.54) is 0 Å². The van der Waals surface area contributed by atoms with Crippen molar-refractivity contribution in [2.75, 3.05) is 13.1 Å². The van der Waals surface area contributed by atoms with E-state index in [1.807, 2.05) is 0 Å². The first kappa shape index (κ1) is 33.5. The van der Waals surface area contributed by atoms with Crippen molar-refractivity contribution < 1.29 is 72.2 Å². The highest BCUT2D eigenvalue weighted by Gasteiger charge is 2.19. The average molecular weight is 563 g/mol. The monoisotopic (exact) mass is 562 g/mol. The Morgan fingerprint density at radius 1 is 0.611 bits per heavy atom. The molecule has 0 fully saturated rings. The quantitative estimate of drug-likeness (QED) is 0.124. The number of carbonyl (C=O) groups is 2. The average Bonchev–Trinajstić information content (AvgIpc) is 2.73. The van der Waals surface area contributed by atoms with Crippen LogP contribution in [-0.4, -0.2) is 37.0 Å². The summed E-state index contributed by atoms with van der Waals surface area (Å²) >= 11 is 0. The van der Waals surface area contributed by atoms with E-state index >= 15 is 0 Å². The van der Waals surface area contributed by atoms with Crippen molar-refractivity contribution in [1.29, 1.82) is 0 Å². The van der Waals surface area contributed by atoms with Gasteiger partial charge in [-0.05, 0) is 23.3 Å². The Bertz CT molecular complexity index is 967. The summed E-state index contributed by atoms with van der Waals surface area (Å²) in [6, 6.07) is 1.13. The van der Waals surface area contributed by atoms with Crippen molar-refractivity contribution in [1.82, 2.24) is 10.6 Å². The van der Waals surface area contributed by atoms with Crippen LogP contribution in [0.25, 0.3) is 0 Å². The summed E-state index contributed by atoms with van der Waals surface area (Å²) < 4.78 is 79.8. The Hall–Kier alpha value is -2.54. The number of rotatable bonds is 11. The van der Waals surface area contributed by atoms with Gasteiger partial charge in [-0.25, -0.2) is 26.3 Å². The molecule has 14 heteroatoms. The smallest absolute Gasteiger partial charge is 0.226 e. The third kappa shape index (κ3) is 10.6. The number of hydrogen-bond donors (Lipinski definition) is 4. The van der Waals surface area contributed by atoms with Gasteiger partial charge in [-0.3, -0.25) is 9.59 Å². The lowest BCUT2D eigenvalue weighted by Gasteiger charge is -2.12. The van der Waals surface area contributed by atoms with Gasteiger partial charge in [-0.1, -0.05) is 0 Å². The Balaban J connectivity index is 0.00000612. The Kier molecular flexibility index (Phi) is 14.4. The van der Waals surface area contributed by atoms with Crippen LogP contribution in [0.5, 0.6) is 0 Å². The third-order valence-corrected chi connectivity index (χ3v) is 4.91. The van der Waals surface area contributed by atoms with E-state index < -0.39 is 58.8 Å². The molecule has 0 heterocycles. The number of halogens is 8. The lowest BCUT2D eigenvalue weighted by Crippen LogP contribution is -3.00. The minimum atomic E-state index is -1.30. The van der Waals surface area contributed by atoms with E-state index in [0.29, 0.717) is 12.1 Å². The van der Waals surface area contributed by atoms with Crippen LogP contribution in [0.4, 0.5) is 26.3 Å². The zero-order chi connectivity index (χ0) is 25.4. The fraction of sp³-hybridized carbons (Fsp3) is 0.364. The summed E-state index contributed by atoms with van der Waals surface area (Å²) in [6.45, 7) is 0.160. The summed E-state index contributed by atoms with van der Waals surface area (Å²) in [5.41, 5.74) is 7.24. The summed E-state index contributed by atoms with van der Waals surface area (Å²) in [4.78, 5) is 23.9. The molecular formula is C22H26Cl2F6N4O2. The van der Waals surface area contributed by atoms with Gasteiger partial charge < -0.3 is 46.9 Å². The molecule has 2 atom stereocenters. The molecule has 202 valence electrons. The second kappa shape index (κ2) is 15.5. The van der Waals surface area contributed by atoms with Crippen LogP contribution in [0.1, 0.15) is 24.0 Å². The molecule has 0 radical (unpaired) electrons. The predicted molar refractivity (Wildman–Crippen MR) is 109 cm³/mol. The summed E-state index contributed by atoms with van der Waals surface area (Å²) in [6.07, 6.45) is -0.354. The van der Waals surface area contributed by atoms with Crippen molar-refractivity contribution >= 4 is 11.8 Å². The van der Waals surface area contributed by atoms with Crippen molar-refractivity contribution in [3.63, 3.8) is 0 Å². The lowest BCUT2D eigenvalue weighted by molar-refractivity contribution is -0.418. The molecule has 0 saturated heterocycles. The number of carbonyl (C=O) groups excluding carboxylic acids is 2. The van der Waals surface area contributed by atoms with Gasteiger partial charge >= 0.3 is 0 Å². The van der Waals surface area contributed by atoms with Gasteiger partial charge in [0.1, 0.15) is 11.6 Å². The molecule has 6 nitrogen and oxygen atoms in total. The van der Waals surface area contributed by atoms with E-state index in [2.05, 4.69) is 22.1 Å². The van der Waals surface area contributed by atoms with Gasteiger partial charge in [0.25, 0.3) is 0 Å². The first-order chi connectivity index (χ1) is 16.0. The Morgan fingerprint density at radius 2 is 0.917 bits per heavy atom. The SMILES string of the molecule is [Cl-].[Cl-].[NH3+]C(CC(=O)NCCNC(=O)C[C@H]([NH3+])Cc1cc(F)c(F)cc1F)Cc1cc(F)c(F)cc1F. The number of quaternary nitrogens is 2. The first-order valence-corrected chi connectivity index (χ1v) is 10.4. The molecule has 0 aromatic heterocycles. The van der Waals surface area contributed by atoms with Crippen molar-refractivity contribution in [3.8, 4) is 0 Å².